The molecule has 0 radical (unpaired) electrons. The Labute approximate surface area is 119 Å². The Morgan fingerprint density at radius 2 is 1.60 bits per heavy atom. The van der Waals surface area contributed by atoms with E-state index in [0.717, 1.165) is 0 Å². The molecule has 0 aliphatic carbocycles. The molecular formula is C10H22N2O7Si. The van der Waals surface area contributed by atoms with Crippen LogP contribution in [0.5, 0.6) is 0 Å². The lowest BCUT2D eigenvalue weighted by Crippen LogP contribution is -2.29. The van der Waals surface area contributed by atoms with Crippen LogP contribution in [0.4, 0.5) is 0 Å². The summed E-state index contributed by atoms with van der Waals surface area (Å²) in [5, 5.41) is 22.3. The van der Waals surface area contributed by atoms with Gasteiger partial charge in [-0.1, -0.05) is 0 Å². The van der Waals surface area contributed by atoms with Crippen molar-refractivity contribution in [2.45, 2.75) is 0 Å². The summed E-state index contributed by atoms with van der Waals surface area (Å²) >= 11 is 0. The molecule has 118 valence electrons. The van der Waals surface area contributed by atoms with Gasteiger partial charge in [0.15, 0.2) is 0 Å². The van der Waals surface area contributed by atoms with Gasteiger partial charge in [0.25, 0.3) is 0 Å². The number of ether oxygens (including phenoxy) is 1. The van der Waals surface area contributed by atoms with Gasteiger partial charge in [0.1, 0.15) is 6.61 Å². The number of aliphatic carboxylic acids is 1. The molecule has 0 aromatic heterocycles. The van der Waals surface area contributed by atoms with Crippen LogP contribution in [0.1, 0.15) is 0 Å². The number of hydrogen-bond acceptors (Lipinski definition) is 8. The molecular weight excluding hydrogens is 288 g/mol. The number of carboxylic acid groups (broad SMARTS) is 1. The molecule has 0 unspecified atom stereocenters. The highest BCUT2D eigenvalue weighted by Crippen LogP contribution is 1.77. The standard InChI is InChI=1S/C10H22N2O7Si/c13-3-6-17-10(16)8-12-2-5-19-20-18-4-1-11-7-9(14)15/h11-13H,1-8,20H2,(H,14,15). The maximum Gasteiger partial charge on any atom is 0.320 e. The summed E-state index contributed by atoms with van der Waals surface area (Å²) in [7, 11) is -1.07. The monoisotopic (exact) mass is 310 g/mol. The van der Waals surface area contributed by atoms with Crippen molar-refractivity contribution < 1.29 is 33.4 Å². The highest BCUT2D eigenvalue weighted by Gasteiger charge is 2.00. The number of aliphatic hydroxyl groups excluding tert-OH is 1. The van der Waals surface area contributed by atoms with E-state index in [1.54, 1.807) is 0 Å². The smallest absolute Gasteiger partial charge is 0.320 e. The molecule has 0 spiro atoms. The van der Waals surface area contributed by atoms with E-state index in [9.17, 15) is 9.59 Å². The minimum atomic E-state index is -1.07. The third-order valence-corrected chi connectivity index (χ3v) is 2.82. The van der Waals surface area contributed by atoms with Crippen LogP contribution in [0.3, 0.4) is 0 Å². The first-order valence-electron chi connectivity index (χ1n) is 6.22. The number of carboxylic acids is 1. The van der Waals surface area contributed by atoms with E-state index < -0.39 is 21.9 Å². The fourth-order valence-electron chi connectivity index (χ4n) is 1.06. The van der Waals surface area contributed by atoms with Crippen molar-refractivity contribution in [3.63, 3.8) is 0 Å². The van der Waals surface area contributed by atoms with E-state index in [1.165, 1.54) is 0 Å². The SMILES string of the molecule is O=C(O)CNCCO[SiH2]OCCNCC(=O)OCCO. The first-order valence-corrected chi connectivity index (χ1v) is 7.37. The molecule has 0 aliphatic heterocycles. The van der Waals surface area contributed by atoms with Crippen molar-refractivity contribution in [2.75, 3.05) is 52.6 Å². The van der Waals surface area contributed by atoms with E-state index in [-0.39, 0.29) is 26.3 Å². The zero-order valence-electron chi connectivity index (χ0n) is 11.3. The number of esters is 1. The molecule has 0 saturated heterocycles. The summed E-state index contributed by atoms with van der Waals surface area (Å²) in [5.41, 5.74) is 0. The molecule has 4 N–H and O–H groups in total. The molecule has 0 aromatic carbocycles. The van der Waals surface area contributed by atoms with Crippen LogP contribution in [0.15, 0.2) is 0 Å². The van der Waals surface area contributed by atoms with Crippen LogP contribution < -0.4 is 10.6 Å². The van der Waals surface area contributed by atoms with Crippen molar-refractivity contribution in [1.82, 2.24) is 10.6 Å². The zero-order chi connectivity index (χ0) is 15.1. The highest BCUT2D eigenvalue weighted by atomic mass is 28.3. The fourth-order valence-corrected chi connectivity index (χ4v) is 1.70. The lowest BCUT2D eigenvalue weighted by atomic mass is 10.6. The molecule has 0 saturated carbocycles. The number of carbonyl (C=O) groups excluding carboxylic acids is 1. The average Bonchev–Trinajstić information content (AvgIpc) is 2.42. The minimum Gasteiger partial charge on any atom is -0.480 e. The highest BCUT2D eigenvalue weighted by molar-refractivity contribution is 6.17. The van der Waals surface area contributed by atoms with Gasteiger partial charge in [0, 0.05) is 26.3 Å². The van der Waals surface area contributed by atoms with Gasteiger partial charge in [-0.05, 0) is 0 Å². The number of carbonyl (C=O) groups is 2. The van der Waals surface area contributed by atoms with Crippen molar-refractivity contribution >= 4 is 21.9 Å². The van der Waals surface area contributed by atoms with E-state index in [0.29, 0.717) is 26.3 Å². The predicted octanol–water partition coefficient (Wildman–Crippen LogP) is -3.18. The topological polar surface area (TPSA) is 126 Å². The quantitative estimate of drug-likeness (QED) is 0.149. The van der Waals surface area contributed by atoms with Crippen LogP contribution in [-0.4, -0.2) is 84.8 Å². The summed E-state index contributed by atoms with van der Waals surface area (Å²) in [6.45, 7) is 1.64. The van der Waals surface area contributed by atoms with E-state index in [4.69, 9.17) is 19.1 Å². The second-order valence-electron chi connectivity index (χ2n) is 3.63. The molecule has 0 aromatic rings. The summed E-state index contributed by atoms with van der Waals surface area (Å²) in [5.74, 6) is -1.32. The van der Waals surface area contributed by atoms with Gasteiger partial charge in [-0.3, -0.25) is 9.59 Å². The molecule has 0 amide bonds. The number of rotatable bonds is 14. The molecule has 9 nitrogen and oxygen atoms in total. The van der Waals surface area contributed by atoms with Gasteiger partial charge in [-0.2, -0.15) is 0 Å². The van der Waals surface area contributed by atoms with Crippen molar-refractivity contribution in [1.29, 1.82) is 0 Å². The number of aliphatic hydroxyl groups is 1. The molecule has 0 heterocycles. The van der Waals surface area contributed by atoms with Gasteiger partial charge >= 0.3 is 21.9 Å². The fraction of sp³-hybridized carbons (Fsp3) is 0.800. The molecule has 10 heteroatoms. The van der Waals surface area contributed by atoms with Gasteiger partial charge < -0.3 is 34.4 Å². The summed E-state index contributed by atoms with van der Waals surface area (Å²) in [6.07, 6.45) is 0. The Hall–Kier alpha value is -1.04. The van der Waals surface area contributed by atoms with Crippen molar-refractivity contribution in [3.05, 3.63) is 0 Å². The minimum absolute atomic E-state index is 0.00762. The maximum absolute atomic E-state index is 11.0. The molecule has 0 aliphatic rings. The normalized spacial score (nSPS) is 11.1. The third-order valence-electron chi connectivity index (χ3n) is 1.91. The van der Waals surface area contributed by atoms with E-state index in [2.05, 4.69) is 15.4 Å². The average molecular weight is 310 g/mol. The Bertz CT molecular complexity index is 268. The lowest BCUT2D eigenvalue weighted by molar-refractivity contribution is -0.143. The van der Waals surface area contributed by atoms with Crippen LogP contribution in [0, 0.1) is 0 Å². The van der Waals surface area contributed by atoms with Gasteiger partial charge in [-0.15, -0.1) is 0 Å². The summed E-state index contributed by atoms with van der Waals surface area (Å²) < 4.78 is 15.1. The van der Waals surface area contributed by atoms with Crippen molar-refractivity contribution in [2.24, 2.45) is 0 Å². The summed E-state index contributed by atoms with van der Waals surface area (Å²) in [6, 6.07) is 0. The van der Waals surface area contributed by atoms with Gasteiger partial charge in [0.05, 0.1) is 19.7 Å². The molecule has 0 bridgehead atoms. The third kappa shape index (κ3) is 15.0. The van der Waals surface area contributed by atoms with Crippen LogP contribution in [0.25, 0.3) is 0 Å². The van der Waals surface area contributed by atoms with Crippen molar-refractivity contribution in [3.8, 4) is 0 Å². The van der Waals surface area contributed by atoms with Crippen LogP contribution in [0.2, 0.25) is 0 Å². The predicted molar refractivity (Wildman–Crippen MR) is 71.9 cm³/mol. The Balaban J connectivity index is 3.09. The molecule has 0 atom stereocenters. The second kappa shape index (κ2) is 14.4. The first-order chi connectivity index (χ1) is 9.66. The number of hydrogen-bond donors (Lipinski definition) is 4. The van der Waals surface area contributed by atoms with E-state index >= 15 is 0 Å². The molecule has 0 rings (SSSR count). The molecule has 20 heavy (non-hydrogen) atoms. The second-order valence-corrected chi connectivity index (χ2v) is 4.68. The van der Waals surface area contributed by atoms with Gasteiger partial charge in [-0.25, -0.2) is 0 Å². The van der Waals surface area contributed by atoms with Crippen LogP contribution >= 0.6 is 0 Å². The largest absolute Gasteiger partial charge is 0.480 e. The van der Waals surface area contributed by atoms with Gasteiger partial charge in [0.2, 0.25) is 0 Å². The number of nitrogens with one attached hydrogen (secondary N) is 2. The van der Waals surface area contributed by atoms with Crippen LogP contribution in [-0.2, 0) is 23.2 Å². The molecule has 0 fully saturated rings. The Kier molecular flexibility index (Phi) is 13.6. The Morgan fingerprint density at radius 3 is 2.15 bits per heavy atom. The van der Waals surface area contributed by atoms with E-state index in [1.807, 2.05) is 0 Å². The zero-order valence-corrected chi connectivity index (χ0v) is 12.7. The summed E-state index contributed by atoms with van der Waals surface area (Å²) in [4.78, 5) is 21.2. The Morgan fingerprint density at radius 1 is 1.00 bits per heavy atom. The maximum atomic E-state index is 11.0. The first kappa shape index (κ1) is 19.0. The lowest BCUT2D eigenvalue weighted by Gasteiger charge is -2.07.